The molecule has 146 valence electrons. The van der Waals surface area contributed by atoms with Crippen LogP contribution in [0.3, 0.4) is 0 Å². The Bertz CT molecular complexity index is 783. The standard InChI is InChI=1S/C18H23N3O5S/c1-18(2,3)26-17(24)19-13(9-11-5-7-12(25-4)8-6-11)16-21-20-14(27-16)10-15(22)23/h5-8,13H,9-10H2,1-4H3,(H,19,24)(H,22,23)/t13-/m0/s1. The van der Waals surface area contributed by atoms with Gasteiger partial charge in [0, 0.05) is 0 Å². The second kappa shape index (κ2) is 8.81. The molecule has 0 aliphatic heterocycles. The molecule has 27 heavy (non-hydrogen) atoms. The zero-order chi connectivity index (χ0) is 20.0. The third-order valence-corrected chi connectivity index (χ3v) is 4.41. The van der Waals surface area contributed by atoms with Gasteiger partial charge in [-0.1, -0.05) is 23.5 Å². The maximum atomic E-state index is 12.2. The van der Waals surface area contributed by atoms with Crippen molar-refractivity contribution in [2.45, 2.75) is 45.3 Å². The van der Waals surface area contributed by atoms with Crippen LogP contribution in [0.4, 0.5) is 4.79 Å². The number of carbonyl (C=O) groups is 2. The van der Waals surface area contributed by atoms with E-state index in [0.29, 0.717) is 16.4 Å². The summed E-state index contributed by atoms with van der Waals surface area (Å²) in [4.78, 5) is 23.1. The number of methoxy groups -OCH3 is 1. The first-order valence-corrected chi connectivity index (χ1v) is 9.14. The van der Waals surface area contributed by atoms with Crippen LogP contribution >= 0.6 is 11.3 Å². The number of alkyl carbamates (subject to hydrolysis) is 1. The molecule has 0 saturated carbocycles. The minimum Gasteiger partial charge on any atom is -0.497 e. The molecule has 8 nitrogen and oxygen atoms in total. The Hall–Kier alpha value is -2.68. The minimum atomic E-state index is -0.982. The summed E-state index contributed by atoms with van der Waals surface area (Å²) in [5.41, 5.74) is 0.316. The molecule has 0 fully saturated rings. The van der Waals surface area contributed by atoms with Crippen molar-refractivity contribution in [1.29, 1.82) is 0 Å². The molecule has 1 amide bonds. The fraction of sp³-hybridized carbons (Fsp3) is 0.444. The molecule has 0 bridgehead atoms. The lowest BCUT2D eigenvalue weighted by Gasteiger charge is -2.22. The second-order valence-electron chi connectivity index (χ2n) is 6.86. The van der Waals surface area contributed by atoms with E-state index in [1.54, 1.807) is 27.9 Å². The molecule has 1 aromatic heterocycles. The quantitative estimate of drug-likeness (QED) is 0.744. The Kier molecular flexibility index (Phi) is 6.73. The predicted molar refractivity (Wildman–Crippen MR) is 100 cm³/mol. The van der Waals surface area contributed by atoms with E-state index in [1.807, 2.05) is 24.3 Å². The lowest BCUT2D eigenvalue weighted by Crippen LogP contribution is -2.35. The number of amides is 1. The van der Waals surface area contributed by atoms with Gasteiger partial charge in [-0.15, -0.1) is 10.2 Å². The number of aromatic nitrogens is 2. The van der Waals surface area contributed by atoms with Crippen molar-refractivity contribution < 1.29 is 24.2 Å². The van der Waals surface area contributed by atoms with Gasteiger partial charge >= 0.3 is 12.1 Å². The average molecular weight is 393 g/mol. The van der Waals surface area contributed by atoms with Gasteiger partial charge in [-0.05, 0) is 44.9 Å². The van der Waals surface area contributed by atoms with Gasteiger partial charge in [0.25, 0.3) is 0 Å². The Balaban J connectivity index is 2.20. The van der Waals surface area contributed by atoms with Gasteiger partial charge in [0.1, 0.15) is 21.4 Å². The van der Waals surface area contributed by atoms with Gasteiger partial charge in [-0.25, -0.2) is 4.79 Å². The van der Waals surface area contributed by atoms with Crippen LogP contribution in [0, 0.1) is 0 Å². The van der Waals surface area contributed by atoms with Gasteiger partial charge in [0.2, 0.25) is 0 Å². The van der Waals surface area contributed by atoms with Crippen LogP contribution in [0.5, 0.6) is 5.75 Å². The van der Waals surface area contributed by atoms with E-state index in [2.05, 4.69) is 15.5 Å². The highest BCUT2D eigenvalue weighted by Crippen LogP contribution is 2.24. The van der Waals surface area contributed by atoms with Crippen LogP contribution in [-0.2, 0) is 22.4 Å². The zero-order valence-corrected chi connectivity index (χ0v) is 16.5. The summed E-state index contributed by atoms with van der Waals surface area (Å²) in [6, 6.07) is 6.95. The van der Waals surface area contributed by atoms with E-state index >= 15 is 0 Å². The summed E-state index contributed by atoms with van der Waals surface area (Å²) in [5.74, 6) is -0.250. The average Bonchev–Trinajstić information content (AvgIpc) is 3.01. The molecule has 1 atom stereocenters. The number of ether oxygens (including phenoxy) is 2. The summed E-state index contributed by atoms with van der Waals surface area (Å²) in [6.07, 6.45) is -0.333. The highest BCUT2D eigenvalue weighted by Gasteiger charge is 2.24. The van der Waals surface area contributed by atoms with Crippen LogP contribution in [0.25, 0.3) is 0 Å². The number of hydrogen-bond acceptors (Lipinski definition) is 7. The highest BCUT2D eigenvalue weighted by molar-refractivity contribution is 7.11. The largest absolute Gasteiger partial charge is 0.497 e. The molecule has 2 aromatic rings. The van der Waals surface area contributed by atoms with Crippen molar-refractivity contribution in [3.8, 4) is 5.75 Å². The topological polar surface area (TPSA) is 111 Å². The van der Waals surface area contributed by atoms with E-state index in [0.717, 1.165) is 22.6 Å². The van der Waals surface area contributed by atoms with Crippen LogP contribution < -0.4 is 10.1 Å². The van der Waals surface area contributed by atoms with Crippen LogP contribution in [0.15, 0.2) is 24.3 Å². The lowest BCUT2D eigenvalue weighted by atomic mass is 10.1. The fourth-order valence-electron chi connectivity index (χ4n) is 2.26. The Labute approximate surface area is 161 Å². The molecule has 1 aromatic carbocycles. The van der Waals surface area contributed by atoms with Crippen LogP contribution in [-0.4, -0.2) is 40.1 Å². The molecule has 2 rings (SSSR count). The smallest absolute Gasteiger partial charge is 0.408 e. The van der Waals surface area contributed by atoms with Crippen molar-refractivity contribution in [2.24, 2.45) is 0 Å². The number of carboxylic acids is 1. The molecule has 9 heteroatoms. The minimum absolute atomic E-state index is 0.209. The van der Waals surface area contributed by atoms with E-state index in [9.17, 15) is 9.59 Å². The van der Waals surface area contributed by atoms with Crippen molar-refractivity contribution in [1.82, 2.24) is 15.5 Å². The summed E-state index contributed by atoms with van der Waals surface area (Å²) >= 11 is 1.16. The van der Waals surface area contributed by atoms with Gasteiger partial charge in [-0.3, -0.25) is 4.79 Å². The molecule has 0 radical (unpaired) electrons. The first kappa shape index (κ1) is 20.6. The fourth-order valence-corrected chi connectivity index (χ4v) is 3.14. The van der Waals surface area contributed by atoms with Gasteiger partial charge in [-0.2, -0.15) is 0 Å². The third-order valence-electron chi connectivity index (χ3n) is 3.37. The lowest BCUT2D eigenvalue weighted by molar-refractivity contribution is -0.136. The van der Waals surface area contributed by atoms with E-state index in [-0.39, 0.29) is 6.42 Å². The van der Waals surface area contributed by atoms with E-state index < -0.39 is 23.7 Å². The van der Waals surface area contributed by atoms with Crippen LogP contribution in [0.1, 0.15) is 42.4 Å². The monoisotopic (exact) mass is 393 g/mol. The first-order valence-electron chi connectivity index (χ1n) is 8.33. The highest BCUT2D eigenvalue weighted by atomic mass is 32.1. The molecule has 0 unspecified atom stereocenters. The molecule has 1 heterocycles. The van der Waals surface area contributed by atoms with Crippen molar-refractivity contribution >= 4 is 23.4 Å². The molecular weight excluding hydrogens is 370 g/mol. The number of hydrogen-bond donors (Lipinski definition) is 2. The number of carbonyl (C=O) groups excluding carboxylic acids is 1. The Morgan fingerprint density at radius 1 is 1.22 bits per heavy atom. The Morgan fingerprint density at radius 3 is 2.44 bits per heavy atom. The summed E-state index contributed by atoms with van der Waals surface area (Å²) < 4.78 is 10.5. The van der Waals surface area contributed by atoms with Crippen molar-refractivity contribution in [2.75, 3.05) is 7.11 Å². The van der Waals surface area contributed by atoms with E-state index in [4.69, 9.17) is 14.6 Å². The number of nitrogens with zero attached hydrogens (tertiary/aromatic N) is 2. The number of rotatable bonds is 7. The maximum Gasteiger partial charge on any atom is 0.408 e. The second-order valence-corrected chi connectivity index (χ2v) is 7.95. The van der Waals surface area contributed by atoms with Crippen molar-refractivity contribution in [3.63, 3.8) is 0 Å². The maximum absolute atomic E-state index is 12.2. The molecule has 0 aliphatic carbocycles. The number of aliphatic carboxylic acids is 1. The number of carboxylic acid groups (broad SMARTS) is 1. The first-order chi connectivity index (χ1) is 12.7. The predicted octanol–water partition coefficient (Wildman–Crippen LogP) is 2.98. The third kappa shape index (κ3) is 6.86. The number of benzene rings is 1. The molecule has 0 spiro atoms. The molecular formula is C18H23N3O5S. The summed E-state index contributed by atoms with van der Waals surface area (Å²) in [6.45, 7) is 5.34. The zero-order valence-electron chi connectivity index (χ0n) is 15.7. The molecule has 0 aliphatic rings. The van der Waals surface area contributed by atoms with Gasteiger partial charge in [0.05, 0.1) is 19.6 Å². The van der Waals surface area contributed by atoms with E-state index in [1.165, 1.54) is 0 Å². The Morgan fingerprint density at radius 2 is 1.89 bits per heavy atom. The summed E-state index contributed by atoms with van der Waals surface area (Å²) in [5, 5.41) is 20.6. The SMILES string of the molecule is COc1ccc(C[C@H](NC(=O)OC(C)(C)C)c2nnc(CC(=O)O)s2)cc1. The summed E-state index contributed by atoms with van der Waals surface area (Å²) in [7, 11) is 1.59. The van der Waals surface area contributed by atoms with Gasteiger partial charge in [0.15, 0.2) is 0 Å². The molecule has 0 saturated heterocycles. The van der Waals surface area contributed by atoms with Crippen molar-refractivity contribution in [3.05, 3.63) is 39.8 Å². The number of nitrogens with one attached hydrogen (secondary N) is 1. The normalized spacial score (nSPS) is 12.3. The van der Waals surface area contributed by atoms with Crippen LogP contribution in [0.2, 0.25) is 0 Å². The molecule has 2 N–H and O–H groups in total. The van der Waals surface area contributed by atoms with Gasteiger partial charge < -0.3 is 19.9 Å².